The van der Waals surface area contributed by atoms with E-state index in [0.717, 1.165) is 43.6 Å². The normalized spacial score (nSPS) is 11.7. The number of carbonyl (C=O) groups is 1. The Kier molecular flexibility index (Phi) is 8.73. The number of carbonyl (C=O) groups excluding carboxylic acids is 1. The first-order valence-electron chi connectivity index (χ1n) is 12.5. The number of hydrazone groups is 1. The van der Waals surface area contributed by atoms with Crippen LogP contribution in [0.3, 0.4) is 0 Å². The average Bonchev–Trinajstić information content (AvgIpc) is 3.18. The average molecular weight is 598 g/mol. The van der Waals surface area contributed by atoms with Crippen molar-refractivity contribution in [1.29, 1.82) is 0 Å². The van der Waals surface area contributed by atoms with Crippen LogP contribution in [0, 0.1) is 34.6 Å². The Morgan fingerprint density at radius 1 is 0.900 bits per heavy atom. The maximum absolute atomic E-state index is 13.6. The number of nitrogens with one attached hydrogen (secondary N) is 1. The van der Waals surface area contributed by atoms with Gasteiger partial charge in [0.05, 0.1) is 26.8 Å². The van der Waals surface area contributed by atoms with E-state index in [4.69, 9.17) is 23.2 Å². The van der Waals surface area contributed by atoms with Crippen molar-refractivity contribution in [3.8, 4) is 5.69 Å². The Morgan fingerprint density at radius 3 is 2.25 bits per heavy atom. The van der Waals surface area contributed by atoms with Crippen LogP contribution in [0.15, 0.2) is 76.7 Å². The van der Waals surface area contributed by atoms with Crippen molar-refractivity contribution < 1.29 is 13.2 Å². The summed E-state index contributed by atoms with van der Waals surface area (Å²) in [6.45, 7) is 9.15. The van der Waals surface area contributed by atoms with Crippen molar-refractivity contribution in [2.24, 2.45) is 5.10 Å². The third-order valence-corrected chi connectivity index (χ3v) is 9.23. The monoisotopic (exact) mass is 596 g/mol. The van der Waals surface area contributed by atoms with Crippen LogP contribution in [-0.2, 0) is 14.8 Å². The highest BCUT2D eigenvalue weighted by atomic mass is 35.5. The highest BCUT2D eigenvalue weighted by molar-refractivity contribution is 7.92. The number of nitrogens with zero attached hydrogens (tertiary/aromatic N) is 3. The van der Waals surface area contributed by atoms with Gasteiger partial charge in [0, 0.05) is 22.6 Å². The number of hydrogen-bond donors (Lipinski definition) is 1. The molecule has 4 rings (SSSR count). The Labute approximate surface area is 245 Å². The molecule has 0 aliphatic rings. The predicted molar refractivity (Wildman–Crippen MR) is 163 cm³/mol. The maximum Gasteiger partial charge on any atom is 0.264 e. The zero-order chi connectivity index (χ0) is 29.2. The summed E-state index contributed by atoms with van der Waals surface area (Å²) >= 11 is 12.3. The van der Waals surface area contributed by atoms with Crippen molar-refractivity contribution in [1.82, 2.24) is 9.99 Å². The fraction of sp³-hybridized carbons (Fsp3) is 0.200. The molecule has 7 nitrogen and oxygen atoms in total. The van der Waals surface area contributed by atoms with Crippen LogP contribution >= 0.6 is 23.2 Å². The molecule has 208 valence electrons. The molecule has 0 aliphatic carbocycles. The number of hydrogen-bond acceptors (Lipinski definition) is 4. The maximum atomic E-state index is 13.6. The molecule has 1 heterocycles. The molecule has 0 unspecified atom stereocenters. The molecule has 1 aromatic heterocycles. The van der Waals surface area contributed by atoms with Crippen molar-refractivity contribution in [3.05, 3.63) is 110 Å². The lowest BCUT2D eigenvalue weighted by atomic mass is 10.1. The molecular formula is C30H30Cl2N4O3S. The van der Waals surface area contributed by atoms with Gasteiger partial charge in [-0.2, -0.15) is 5.10 Å². The van der Waals surface area contributed by atoms with Crippen molar-refractivity contribution in [2.75, 3.05) is 10.8 Å². The first-order chi connectivity index (χ1) is 18.9. The summed E-state index contributed by atoms with van der Waals surface area (Å²) < 4.78 is 30.3. The largest absolute Gasteiger partial charge is 0.318 e. The Bertz CT molecular complexity index is 1710. The quantitative estimate of drug-likeness (QED) is 0.182. The van der Waals surface area contributed by atoms with Crippen LogP contribution in [0.2, 0.25) is 10.0 Å². The highest BCUT2D eigenvalue weighted by Crippen LogP contribution is 2.28. The zero-order valence-corrected chi connectivity index (χ0v) is 25.2. The third kappa shape index (κ3) is 6.25. The molecule has 0 fully saturated rings. The first kappa shape index (κ1) is 29.4. The van der Waals surface area contributed by atoms with Gasteiger partial charge in [-0.25, -0.2) is 13.8 Å². The van der Waals surface area contributed by atoms with Crippen LogP contribution < -0.4 is 9.73 Å². The van der Waals surface area contributed by atoms with E-state index in [-0.39, 0.29) is 4.90 Å². The molecule has 0 atom stereocenters. The Hall–Kier alpha value is -3.59. The van der Waals surface area contributed by atoms with Gasteiger partial charge >= 0.3 is 0 Å². The van der Waals surface area contributed by atoms with Crippen LogP contribution in [0.4, 0.5) is 5.69 Å². The number of benzene rings is 3. The number of aryl methyl sites for hydroxylation is 4. The second-order valence-electron chi connectivity index (χ2n) is 9.65. The fourth-order valence-corrected chi connectivity index (χ4v) is 6.02. The Morgan fingerprint density at radius 2 is 1.60 bits per heavy atom. The highest BCUT2D eigenvalue weighted by Gasteiger charge is 2.27. The summed E-state index contributed by atoms with van der Waals surface area (Å²) in [6, 6.07) is 19.1. The number of halogens is 2. The van der Waals surface area contributed by atoms with E-state index in [1.807, 2.05) is 57.4 Å². The standard InChI is InChI=1S/C30H30Cl2N4O3S/c1-19-6-11-27(12-7-19)40(38,39)35(25-9-8-20(2)21(3)14-25)18-30(37)34-33-17-24-15-22(4)36(23(24)5)26-10-13-28(31)29(32)16-26/h6-17H,18H2,1-5H3,(H,34,37)/b33-17-. The topological polar surface area (TPSA) is 83.8 Å². The second-order valence-corrected chi connectivity index (χ2v) is 12.3. The molecule has 40 heavy (non-hydrogen) atoms. The molecule has 0 saturated carbocycles. The van der Waals surface area contributed by atoms with Gasteiger partial charge in [0.25, 0.3) is 15.9 Å². The molecule has 1 N–H and O–H groups in total. The van der Waals surface area contributed by atoms with Gasteiger partial charge < -0.3 is 4.57 Å². The predicted octanol–water partition coefficient (Wildman–Crippen LogP) is 6.67. The number of sulfonamides is 1. The van der Waals surface area contributed by atoms with Gasteiger partial charge in [-0.15, -0.1) is 0 Å². The van der Waals surface area contributed by atoms with Crippen LogP contribution in [-0.4, -0.2) is 31.7 Å². The summed E-state index contributed by atoms with van der Waals surface area (Å²) in [5.41, 5.74) is 9.19. The van der Waals surface area contributed by atoms with Crippen molar-refractivity contribution >= 4 is 51.0 Å². The molecule has 0 saturated heterocycles. The van der Waals surface area contributed by atoms with E-state index in [9.17, 15) is 13.2 Å². The van der Waals surface area contributed by atoms with E-state index >= 15 is 0 Å². The lowest BCUT2D eigenvalue weighted by Crippen LogP contribution is -2.39. The number of anilines is 1. The summed E-state index contributed by atoms with van der Waals surface area (Å²) in [5, 5.41) is 5.04. The zero-order valence-electron chi connectivity index (χ0n) is 22.9. The van der Waals surface area contributed by atoms with Crippen molar-refractivity contribution in [2.45, 2.75) is 39.5 Å². The van der Waals surface area contributed by atoms with Gasteiger partial charge in [-0.1, -0.05) is 47.0 Å². The van der Waals surface area contributed by atoms with Gasteiger partial charge in [0.15, 0.2) is 0 Å². The minimum absolute atomic E-state index is 0.0994. The summed E-state index contributed by atoms with van der Waals surface area (Å²) in [7, 11) is -4.02. The minimum Gasteiger partial charge on any atom is -0.318 e. The van der Waals surface area contributed by atoms with E-state index in [1.54, 1.807) is 48.5 Å². The molecule has 0 radical (unpaired) electrons. The fourth-order valence-electron chi connectivity index (χ4n) is 4.31. The van der Waals surface area contributed by atoms with Crippen LogP contribution in [0.5, 0.6) is 0 Å². The number of rotatable bonds is 8. The van der Waals surface area contributed by atoms with Gasteiger partial charge in [0.2, 0.25) is 0 Å². The summed E-state index contributed by atoms with van der Waals surface area (Å²) in [5.74, 6) is -0.580. The van der Waals surface area contributed by atoms with E-state index in [0.29, 0.717) is 15.7 Å². The van der Waals surface area contributed by atoms with E-state index in [1.165, 1.54) is 6.21 Å². The van der Waals surface area contributed by atoms with E-state index in [2.05, 4.69) is 10.5 Å². The number of amides is 1. The summed E-state index contributed by atoms with van der Waals surface area (Å²) in [4.78, 5) is 13.1. The molecule has 3 aromatic carbocycles. The van der Waals surface area contributed by atoms with E-state index < -0.39 is 22.5 Å². The lowest BCUT2D eigenvalue weighted by molar-refractivity contribution is -0.119. The minimum atomic E-state index is -4.02. The smallest absolute Gasteiger partial charge is 0.264 e. The van der Waals surface area contributed by atoms with Crippen LogP contribution in [0.1, 0.15) is 33.6 Å². The van der Waals surface area contributed by atoms with Gasteiger partial charge in [-0.3, -0.25) is 9.10 Å². The molecule has 1 amide bonds. The molecule has 0 bridgehead atoms. The SMILES string of the molecule is Cc1ccc(S(=O)(=O)N(CC(=O)N/N=C\c2cc(C)n(-c3ccc(Cl)c(Cl)c3)c2C)c2ccc(C)c(C)c2)cc1. The molecule has 0 spiro atoms. The van der Waals surface area contributed by atoms with Gasteiger partial charge in [-0.05, 0) is 94.3 Å². The summed E-state index contributed by atoms with van der Waals surface area (Å²) in [6.07, 6.45) is 1.53. The molecular weight excluding hydrogens is 567 g/mol. The molecule has 10 heteroatoms. The molecule has 4 aromatic rings. The van der Waals surface area contributed by atoms with Crippen molar-refractivity contribution in [3.63, 3.8) is 0 Å². The van der Waals surface area contributed by atoms with Crippen LogP contribution in [0.25, 0.3) is 5.69 Å². The van der Waals surface area contributed by atoms with Gasteiger partial charge in [0.1, 0.15) is 6.54 Å². The second kappa shape index (κ2) is 11.9. The Balaban J connectivity index is 1.57. The first-order valence-corrected chi connectivity index (χ1v) is 14.7. The number of aromatic nitrogens is 1. The lowest BCUT2D eigenvalue weighted by Gasteiger charge is -2.24. The molecule has 0 aliphatic heterocycles. The third-order valence-electron chi connectivity index (χ3n) is 6.70.